The van der Waals surface area contributed by atoms with Gasteiger partial charge in [-0.25, -0.2) is 13.1 Å². The van der Waals surface area contributed by atoms with Gasteiger partial charge in [0.15, 0.2) is 0 Å². The van der Waals surface area contributed by atoms with Crippen LogP contribution in [0.4, 0.5) is 0 Å². The Morgan fingerprint density at radius 3 is 2.40 bits per heavy atom. The molecule has 1 fully saturated rings. The summed E-state index contributed by atoms with van der Waals surface area (Å²) in [5, 5.41) is 0. The Hall–Kier alpha value is -1.69. The number of nitrogens with one attached hydrogen (secondary N) is 1. The average molecular weight is 359 g/mol. The minimum atomic E-state index is -3.46. The van der Waals surface area contributed by atoms with Crippen molar-refractivity contribution in [1.82, 2.24) is 9.62 Å². The molecule has 5 heteroatoms. The van der Waals surface area contributed by atoms with Crippen LogP contribution in [0.3, 0.4) is 0 Å². The van der Waals surface area contributed by atoms with Crippen LogP contribution in [0.15, 0.2) is 59.5 Å². The van der Waals surface area contributed by atoms with Gasteiger partial charge in [0, 0.05) is 25.7 Å². The van der Waals surface area contributed by atoms with E-state index in [9.17, 15) is 8.42 Å². The van der Waals surface area contributed by atoms with Crippen molar-refractivity contribution >= 4 is 10.0 Å². The zero-order valence-electron chi connectivity index (χ0n) is 14.9. The van der Waals surface area contributed by atoms with E-state index in [-0.39, 0.29) is 6.04 Å². The number of hydrogen-bond acceptors (Lipinski definition) is 3. The molecular weight excluding hydrogens is 332 g/mol. The predicted molar refractivity (Wildman–Crippen MR) is 101 cm³/mol. The highest BCUT2D eigenvalue weighted by molar-refractivity contribution is 7.89. The molecule has 0 bridgehead atoms. The average Bonchev–Trinajstić information content (AvgIpc) is 3.02. The van der Waals surface area contributed by atoms with Crippen molar-refractivity contribution in [3.63, 3.8) is 0 Å². The molecule has 134 valence electrons. The molecule has 0 aromatic heterocycles. The maximum absolute atomic E-state index is 12.6. The van der Waals surface area contributed by atoms with Gasteiger partial charge in [0.2, 0.25) is 10.0 Å². The van der Waals surface area contributed by atoms with E-state index >= 15 is 0 Å². The van der Waals surface area contributed by atoms with Crippen molar-refractivity contribution in [2.45, 2.75) is 43.7 Å². The van der Waals surface area contributed by atoms with Crippen LogP contribution >= 0.6 is 0 Å². The van der Waals surface area contributed by atoms with Gasteiger partial charge in [-0.2, -0.15) is 0 Å². The molecule has 1 aliphatic heterocycles. The van der Waals surface area contributed by atoms with Gasteiger partial charge in [0.1, 0.15) is 0 Å². The maximum atomic E-state index is 12.6. The molecule has 3 rings (SSSR count). The minimum absolute atomic E-state index is 0.0292. The fourth-order valence-corrected chi connectivity index (χ4v) is 4.50. The standard InChI is InChI=1S/C20H26N2O2S/c1-16(2)18-8-10-20(11-9-18)25(23,24)21-19-12-13-22(15-19)14-17-6-4-3-5-7-17/h3-11,16,19,21H,12-15H2,1-2H3. The SMILES string of the molecule is CC(C)c1ccc(S(=O)(=O)NC2CCN(Cc3ccccc3)C2)cc1. The summed E-state index contributed by atoms with van der Waals surface area (Å²) < 4.78 is 28.1. The normalized spacial score (nSPS) is 18.8. The summed E-state index contributed by atoms with van der Waals surface area (Å²) in [4.78, 5) is 2.64. The number of hydrogen-bond donors (Lipinski definition) is 1. The van der Waals surface area contributed by atoms with Crippen LogP contribution in [0.2, 0.25) is 0 Å². The van der Waals surface area contributed by atoms with Gasteiger partial charge in [-0.05, 0) is 35.6 Å². The second kappa shape index (κ2) is 7.68. The Bertz CT molecular complexity index is 786. The highest BCUT2D eigenvalue weighted by atomic mass is 32.2. The molecule has 1 atom stereocenters. The van der Waals surface area contributed by atoms with E-state index in [1.165, 1.54) is 5.56 Å². The Kier molecular flexibility index (Phi) is 5.57. The second-order valence-corrected chi connectivity index (χ2v) is 8.77. The number of nitrogens with zero attached hydrogens (tertiary/aromatic N) is 1. The van der Waals surface area contributed by atoms with E-state index in [1.807, 2.05) is 30.3 Å². The molecular formula is C20H26N2O2S. The third-order valence-corrected chi connectivity index (χ3v) is 6.24. The van der Waals surface area contributed by atoms with Crippen molar-refractivity contribution in [1.29, 1.82) is 0 Å². The lowest BCUT2D eigenvalue weighted by atomic mass is 10.0. The molecule has 1 heterocycles. The van der Waals surface area contributed by atoms with Gasteiger partial charge in [-0.1, -0.05) is 56.3 Å². The Morgan fingerprint density at radius 1 is 1.08 bits per heavy atom. The van der Waals surface area contributed by atoms with Crippen LogP contribution in [0, 0.1) is 0 Å². The molecule has 1 unspecified atom stereocenters. The molecule has 0 amide bonds. The van der Waals surface area contributed by atoms with Crippen molar-refractivity contribution in [3.8, 4) is 0 Å². The minimum Gasteiger partial charge on any atom is -0.297 e. The third-order valence-electron chi connectivity index (χ3n) is 4.70. The van der Waals surface area contributed by atoms with Crippen LogP contribution in [-0.4, -0.2) is 32.4 Å². The Balaban J connectivity index is 1.60. The Morgan fingerprint density at radius 2 is 1.76 bits per heavy atom. The van der Waals surface area contributed by atoms with Gasteiger partial charge in [-0.3, -0.25) is 4.90 Å². The van der Waals surface area contributed by atoms with Crippen molar-refractivity contribution in [3.05, 3.63) is 65.7 Å². The van der Waals surface area contributed by atoms with E-state index in [0.717, 1.165) is 31.6 Å². The predicted octanol–water partition coefficient (Wildman–Crippen LogP) is 3.36. The van der Waals surface area contributed by atoms with Crippen molar-refractivity contribution in [2.75, 3.05) is 13.1 Å². The van der Waals surface area contributed by atoms with E-state index in [1.54, 1.807) is 12.1 Å². The first-order chi connectivity index (χ1) is 11.9. The summed E-state index contributed by atoms with van der Waals surface area (Å²) in [6, 6.07) is 17.5. The highest BCUT2D eigenvalue weighted by Crippen LogP contribution is 2.19. The lowest BCUT2D eigenvalue weighted by Gasteiger charge is -2.17. The van der Waals surface area contributed by atoms with Crippen molar-refractivity contribution < 1.29 is 8.42 Å². The first-order valence-corrected chi connectivity index (χ1v) is 10.3. The maximum Gasteiger partial charge on any atom is 0.240 e. The van der Waals surface area contributed by atoms with E-state index in [4.69, 9.17) is 0 Å². The van der Waals surface area contributed by atoms with Gasteiger partial charge >= 0.3 is 0 Å². The summed E-state index contributed by atoms with van der Waals surface area (Å²) in [6.07, 6.45) is 0.843. The quantitative estimate of drug-likeness (QED) is 0.861. The zero-order chi connectivity index (χ0) is 17.9. The fraction of sp³-hybridized carbons (Fsp3) is 0.400. The molecule has 2 aromatic carbocycles. The van der Waals surface area contributed by atoms with Crippen LogP contribution in [0.1, 0.15) is 37.3 Å². The molecule has 0 saturated carbocycles. The first-order valence-electron chi connectivity index (χ1n) is 8.82. The first kappa shape index (κ1) is 18.1. The number of rotatable bonds is 6. The molecule has 1 aliphatic rings. The molecule has 4 nitrogen and oxygen atoms in total. The monoisotopic (exact) mass is 358 g/mol. The highest BCUT2D eigenvalue weighted by Gasteiger charge is 2.27. The molecule has 25 heavy (non-hydrogen) atoms. The number of benzene rings is 2. The molecule has 0 radical (unpaired) electrons. The van der Waals surface area contributed by atoms with Gasteiger partial charge < -0.3 is 0 Å². The molecule has 1 N–H and O–H groups in total. The van der Waals surface area contributed by atoms with E-state index in [2.05, 4.69) is 35.6 Å². The summed E-state index contributed by atoms with van der Waals surface area (Å²) >= 11 is 0. The summed E-state index contributed by atoms with van der Waals surface area (Å²) in [5.41, 5.74) is 2.41. The molecule has 1 saturated heterocycles. The molecule has 0 spiro atoms. The van der Waals surface area contributed by atoms with Gasteiger partial charge in [-0.15, -0.1) is 0 Å². The smallest absolute Gasteiger partial charge is 0.240 e. The number of sulfonamides is 1. The molecule has 0 aliphatic carbocycles. The van der Waals surface area contributed by atoms with Gasteiger partial charge in [0.25, 0.3) is 0 Å². The summed E-state index contributed by atoms with van der Waals surface area (Å²) in [7, 11) is -3.46. The Labute approximate surface area is 150 Å². The summed E-state index contributed by atoms with van der Waals surface area (Å²) in [5.74, 6) is 0.395. The lowest BCUT2D eigenvalue weighted by Crippen LogP contribution is -2.36. The summed E-state index contributed by atoms with van der Waals surface area (Å²) in [6.45, 7) is 6.72. The number of likely N-dealkylation sites (tertiary alicyclic amines) is 1. The van der Waals surface area contributed by atoms with Crippen LogP contribution in [0.5, 0.6) is 0 Å². The van der Waals surface area contributed by atoms with E-state index < -0.39 is 10.0 Å². The molecule has 2 aromatic rings. The van der Waals surface area contributed by atoms with Crippen LogP contribution in [-0.2, 0) is 16.6 Å². The second-order valence-electron chi connectivity index (χ2n) is 7.05. The third kappa shape index (κ3) is 4.69. The lowest BCUT2D eigenvalue weighted by molar-refractivity contribution is 0.324. The zero-order valence-corrected chi connectivity index (χ0v) is 15.7. The van der Waals surface area contributed by atoms with Crippen LogP contribution in [0.25, 0.3) is 0 Å². The fourth-order valence-electron chi connectivity index (χ4n) is 3.23. The van der Waals surface area contributed by atoms with Crippen LogP contribution < -0.4 is 4.72 Å². The topological polar surface area (TPSA) is 49.4 Å². The largest absolute Gasteiger partial charge is 0.297 e. The van der Waals surface area contributed by atoms with E-state index in [0.29, 0.717) is 10.8 Å². The van der Waals surface area contributed by atoms with Crippen molar-refractivity contribution in [2.24, 2.45) is 0 Å². The van der Waals surface area contributed by atoms with Gasteiger partial charge in [0.05, 0.1) is 4.90 Å².